The van der Waals surface area contributed by atoms with E-state index in [0.29, 0.717) is 21.1 Å². The Bertz CT molecular complexity index is 1320. The number of aryl methyl sites for hydroxylation is 2. The summed E-state index contributed by atoms with van der Waals surface area (Å²) >= 11 is 2.35. The van der Waals surface area contributed by atoms with Crippen molar-refractivity contribution in [3.63, 3.8) is 0 Å². The lowest BCUT2D eigenvalue weighted by Gasteiger charge is -2.32. The van der Waals surface area contributed by atoms with Gasteiger partial charge in [-0.25, -0.2) is 19.8 Å². The van der Waals surface area contributed by atoms with Gasteiger partial charge in [0.15, 0.2) is 5.17 Å². The maximum Gasteiger partial charge on any atom is 0.345 e. The molecule has 3 aromatic rings. The number of hydrogen-bond donors (Lipinski definition) is 2. The van der Waals surface area contributed by atoms with Gasteiger partial charge in [0.05, 0.1) is 31.7 Å². The molecule has 12 heteroatoms. The van der Waals surface area contributed by atoms with E-state index >= 15 is 0 Å². The number of carbonyl (C=O) groups excluding carboxylic acids is 2. The van der Waals surface area contributed by atoms with Crippen LogP contribution in [0.1, 0.15) is 16.9 Å². The number of esters is 2. The van der Waals surface area contributed by atoms with Crippen LogP contribution in [-0.4, -0.2) is 46.2 Å². The fraction of sp³-hybridized carbons (Fsp3) is 0.286. The number of anilines is 1. The number of amidine groups is 1. The number of thiophene rings is 1. The van der Waals surface area contributed by atoms with E-state index in [1.165, 1.54) is 30.6 Å². The minimum atomic E-state index is -1.65. The molecule has 0 unspecified atom stereocenters. The fourth-order valence-electron chi connectivity index (χ4n) is 3.40. The van der Waals surface area contributed by atoms with Crippen molar-refractivity contribution in [3.05, 3.63) is 51.1 Å². The number of aromatic nitrogens is 2. The molecule has 0 radical (unpaired) electrons. The van der Waals surface area contributed by atoms with Crippen LogP contribution in [-0.2, 0) is 19.1 Å². The molecule has 0 aliphatic carbocycles. The minimum Gasteiger partial charge on any atom is -0.469 e. The molecular formula is C21H21N5O5S2. The number of hydrogen-bond acceptors (Lipinski definition) is 10. The molecule has 0 amide bonds. The van der Waals surface area contributed by atoms with Gasteiger partial charge >= 0.3 is 11.9 Å². The number of fused-ring (bicyclic) bond motifs is 1. The van der Waals surface area contributed by atoms with Gasteiger partial charge < -0.3 is 9.47 Å². The Labute approximate surface area is 197 Å². The molecule has 0 spiro atoms. The molecule has 1 atom stereocenters. The van der Waals surface area contributed by atoms with E-state index in [1.807, 2.05) is 32.0 Å². The number of thioether (sulfide) groups is 1. The highest BCUT2D eigenvalue weighted by molar-refractivity contribution is 8.16. The predicted molar refractivity (Wildman–Crippen MR) is 128 cm³/mol. The maximum atomic E-state index is 13.1. The number of carbonyl (C=O) groups is 2. The lowest BCUT2D eigenvalue weighted by Crippen LogP contribution is -2.55. The molecule has 1 aliphatic heterocycles. The van der Waals surface area contributed by atoms with Crippen molar-refractivity contribution in [2.24, 2.45) is 4.99 Å². The summed E-state index contributed by atoms with van der Waals surface area (Å²) in [4.78, 5) is 50.0. The molecule has 10 nitrogen and oxygen atoms in total. The van der Waals surface area contributed by atoms with Crippen LogP contribution in [0.3, 0.4) is 0 Å². The van der Waals surface area contributed by atoms with Crippen molar-refractivity contribution in [1.29, 1.82) is 0 Å². The monoisotopic (exact) mass is 487 g/mol. The Morgan fingerprint density at radius 3 is 2.58 bits per heavy atom. The largest absolute Gasteiger partial charge is 0.469 e. The standard InChI is InChI=1S/C21H21N5O5S2/c1-11-12(2)32-17-15(11)16(28)23-19(24-17)26-21(18(29)31-4,10-14(27)30-3)33-20(25-26)22-13-8-6-5-7-9-13/h5-9H,10H2,1-4H3,(H,22,25)(H,23,24,28)/t21-/m0/s1. The summed E-state index contributed by atoms with van der Waals surface area (Å²) in [7, 11) is 2.45. The summed E-state index contributed by atoms with van der Waals surface area (Å²) in [6.07, 6.45) is -0.383. The third-order valence-electron chi connectivity index (χ3n) is 5.18. The average Bonchev–Trinajstić information content (AvgIpc) is 3.31. The topological polar surface area (TPSA) is 126 Å². The molecular weight excluding hydrogens is 466 g/mol. The Morgan fingerprint density at radius 1 is 1.18 bits per heavy atom. The highest BCUT2D eigenvalue weighted by Crippen LogP contribution is 2.42. The van der Waals surface area contributed by atoms with Crippen LogP contribution in [0.4, 0.5) is 11.6 Å². The van der Waals surface area contributed by atoms with Gasteiger partial charge in [-0.15, -0.1) is 11.3 Å². The second-order valence-electron chi connectivity index (χ2n) is 7.18. The van der Waals surface area contributed by atoms with Crippen LogP contribution in [0.5, 0.6) is 0 Å². The van der Waals surface area contributed by atoms with Crippen LogP contribution in [0.25, 0.3) is 10.2 Å². The van der Waals surface area contributed by atoms with Crippen LogP contribution in [0, 0.1) is 13.8 Å². The molecule has 4 rings (SSSR count). The van der Waals surface area contributed by atoms with Crippen LogP contribution >= 0.6 is 23.1 Å². The third kappa shape index (κ3) is 4.07. The van der Waals surface area contributed by atoms with Gasteiger partial charge in [0.25, 0.3) is 5.56 Å². The van der Waals surface area contributed by atoms with Gasteiger partial charge in [-0.1, -0.05) is 18.2 Å². The number of benzene rings is 1. The highest BCUT2D eigenvalue weighted by atomic mass is 32.2. The Balaban J connectivity index is 1.89. The summed E-state index contributed by atoms with van der Waals surface area (Å²) < 4.78 is 9.89. The second kappa shape index (κ2) is 8.87. The Kier molecular flexibility index (Phi) is 6.13. The van der Waals surface area contributed by atoms with Crippen LogP contribution < -0.4 is 16.0 Å². The highest BCUT2D eigenvalue weighted by Gasteiger charge is 2.56. The van der Waals surface area contributed by atoms with Crippen molar-refractivity contribution >= 4 is 62.1 Å². The summed E-state index contributed by atoms with van der Waals surface area (Å²) in [6.45, 7) is 3.76. The summed E-state index contributed by atoms with van der Waals surface area (Å²) in [5.41, 5.74) is 4.14. The molecule has 1 aliphatic rings. The number of nitrogens with zero attached hydrogens (tertiary/aromatic N) is 3. The predicted octanol–water partition coefficient (Wildman–Crippen LogP) is 2.78. The van der Waals surface area contributed by atoms with E-state index in [1.54, 1.807) is 12.1 Å². The Morgan fingerprint density at radius 2 is 1.91 bits per heavy atom. The quantitative estimate of drug-likeness (QED) is 0.522. The van der Waals surface area contributed by atoms with E-state index in [2.05, 4.69) is 20.4 Å². The van der Waals surface area contributed by atoms with Crippen molar-refractivity contribution in [2.75, 3.05) is 19.2 Å². The van der Waals surface area contributed by atoms with E-state index in [0.717, 1.165) is 22.2 Å². The Hall–Kier alpha value is -3.38. The first-order valence-electron chi connectivity index (χ1n) is 9.84. The van der Waals surface area contributed by atoms with Crippen molar-refractivity contribution in [1.82, 2.24) is 15.4 Å². The molecule has 33 heavy (non-hydrogen) atoms. The maximum absolute atomic E-state index is 13.1. The molecule has 0 saturated carbocycles. The van der Waals surface area contributed by atoms with Gasteiger partial charge in [0, 0.05) is 4.88 Å². The first-order chi connectivity index (χ1) is 15.8. The zero-order valence-corrected chi connectivity index (χ0v) is 19.9. The van der Waals surface area contributed by atoms with Crippen molar-refractivity contribution in [3.8, 4) is 0 Å². The van der Waals surface area contributed by atoms with Gasteiger partial charge in [0.1, 0.15) is 4.83 Å². The molecule has 0 bridgehead atoms. The smallest absolute Gasteiger partial charge is 0.345 e. The molecule has 1 fully saturated rings. The lowest BCUT2D eigenvalue weighted by molar-refractivity contribution is -0.150. The minimum absolute atomic E-state index is 0.0498. The molecule has 2 aromatic heterocycles. The first-order valence-corrected chi connectivity index (χ1v) is 11.5. The summed E-state index contributed by atoms with van der Waals surface area (Å²) in [5.74, 6) is -1.33. The molecule has 3 heterocycles. The van der Waals surface area contributed by atoms with Gasteiger partial charge in [-0.2, -0.15) is 0 Å². The SMILES string of the molecule is COC(=O)C[C@@]1(C(=O)OC)SC(=Nc2ccccc2)NN1c1nc2sc(C)c(C)c2c(=O)[nH]1. The normalized spacial score (nSPS) is 19.0. The fourth-order valence-corrected chi connectivity index (χ4v) is 5.62. The molecule has 2 N–H and O–H groups in total. The summed E-state index contributed by atoms with van der Waals surface area (Å²) in [5, 5.41) is 2.12. The number of nitrogens with one attached hydrogen (secondary N) is 2. The molecule has 1 saturated heterocycles. The zero-order valence-electron chi connectivity index (χ0n) is 18.3. The van der Waals surface area contributed by atoms with Crippen LogP contribution in [0.2, 0.25) is 0 Å². The number of aromatic amines is 1. The zero-order chi connectivity index (χ0) is 23.8. The van der Waals surface area contributed by atoms with Crippen molar-refractivity contribution < 1.29 is 19.1 Å². The number of H-pyrrole nitrogens is 1. The number of hydrazine groups is 1. The van der Waals surface area contributed by atoms with E-state index in [9.17, 15) is 14.4 Å². The van der Waals surface area contributed by atoms with Gasteiger partial charge in [-0.05, 0) is 43.3 Å². The number of para-hydroxylation sites is 1. The van der Waals surface area contributed by atoms with Gasteiger partial charge in [-0.3, -0.25) is 20.0 Å². The number of methoxy groups -OCH3 is 2. The van der Waals surface area contributed by atoms with E-state index < -0.39 is 16.8 Å². The van der Waals surface area contributed by atoms with E-state index in [4.69, 9.17) is 9.47 Å². The number of rotatable bonds is 5. The summed E-state index contributed by atoms with van der Waals surface area (Å²) in [6, 6.07) is 9.10. The number of ether oxygens (including phenoxy) is 2. The van der Waals surface area contributed by atoms with Gasteiger partial charge in [0.2, 0.25) is 10.8 Å². The molecule has 172 valence electrons. The average molecular weight is 488 g/mol. The lowest BCUT2D eigenvalue weighted by atomic mass is 10.2. The van der Waals surface area contributed by atoms with Crippen LogP contribution in [0.15, 0.2) is 40.1 Å². The van der Waals surface area contributed by atoms with Crippen molar-refractivity contribution in [2.45, 2.75) is 25.1 Å². The second-order valence-corrected chi connectivity index (χ2v) is 9.65. The molecule has 1 aromatic carbocycles. The third-order valence-corrected chi connectivity index (χ3v) is 7.48. The van der Waals surface area contributed by atoms with E-state index in [-0.39, 0.29) is 17.9 Å². The number of aliphatic imine (C=N–C) groups is 1. The first kappa shape index (κ1) is 22.8.